The number of fused-ring (bicyclic) bond motifs is 1. The normalized spacial score (nSPS) is 16.2. The third-order valence-corrected chi connectivity index (χ3v) is 4.33. The maximum atomic E-state index is 12.4. The average Bonchev–Trinajstić information content (AvgIpc) is 2.74. The van der Waals surface area contributed by atoms with Crippen molar-refractivity contribution in [1.29, 1.82) is 0 Å². The van der Waals surface area contributed by atoms with Crippen molar-refractivity contribution < 1.29 is 14.7 Å². The number of hydrogen-bond donors (Lipinski definition) is 1. The molecule has 1 aliphatic rings. The van der Waals surface area contributed by atoms with Crippen LogP contribution in [0.1, 0.15) is 57.9 Å². The number of nitrogens with zero attached hydrogens (tertiary/aromatic N) is 2. The Morgan fingerprint density at radius 2 is 1.91 bits per heavy atom. The van der Waals surface area contributed by atoms with Gasteiger partial charge >= 0.3 is 5.97 Å². The van der Waals surface area contributed by atoms with Crippen molar-refractivity contribution in [3.05, 3.63) is 52.3 Å². The Balaban J connectivity index is 1.94. The highest BCUT2D eigenvalue weighted by Gasteiger charge is 2.35. The zero-order chi connectivity index (χ0) is 16.8. The molecule has 0 amide bonds. The summed E-state index contributed by atoms with van der Waals surface area (Å²) in [5.41, 5.74) is 3.72. The van der Waals surface area contributed by atoms with Crippen LogP contribution in [0.3, 0.4) is 0 Å². The van der Waals surface area contributed by atoms with Gasteiger partial charge in [0.05, 0.1) is 29.1 Å². The summed E-state index contributed by atoms with van der Waals surface area (Å²) in [5, 5.41) is 13.5. The molecule has 1 aromatic carbocycles. The third-order valence-electron chi connectivity index (χ3n) is 4.33. The highest BCUT2D eigenvalue weighted by Crippen LogP contribution is 2.36. The molecule has 5 heteroatoms. The van der Waals surface area contributed by atoms with Crippen molar-refractivity contribution in [3.63, 3.8) is 0 Å². The molecule has 120 valence electrons. The number of ketones is 1. The molecule has 0 saturated heterocycles. The van der Waals surface area contributed by atoms with E-state index in [1.54, 1.807) is 24.3 Å². The first kappa shape index (κ1) is 15.5. The van der Waals surface area contributed by atoms with E-state index in [1.807, 2.05) is 11.6 Å². The summed E-state index contributed by atoms with van der Waals surface area (Å²) in [6, 6.07) is 6.77. The van der Waals surface area contributed by atoms with Crippen molar-refractivity contribution >= 4 is 11.8 Å². The monoisotopic (exact) mass is 312 g/mol. The average molecular weight is 312 g/mol. The molecule has 0 unspecified atom stereocenters. The lowest BCUT2D eigenvalue weighted by Crippen LogP contribution is -2.28. The number of carboxylic acid groups (broad SMARTS) is 1. The molecule has 0 radical (unpaired) electrons. The SMILES string of the molecule is Cc1nn(Cc2ccc(C(=O)O)cc2)c2c1C(=O)CC(C)(C)C2. The van der Waals surface area contributed by atoms with Gasteiger partial charge in [-0.25, -0.2) is 4.79 Å². The Hall–Kier alpha value is -2.43. The molecule has 5 nitrogen and oxygen atoms in total. The van der Waals surface area contributed by atoms with Gasteiger partial charge in [0.2, 0.25) is 0 Å². The molecule has 2 aromatic rings. The van der Waals surface area contributed by atoms with Gasteiger partial charge in [-0.1, -0.05) is 26.0 Å². The van der Waals surface area contributed by atoms with Crippen LogP contribution < -0.4 is 0 Å². The van der Waals surface area contributed by atoms with E-state index in [0.29, 0.717) is 13.0 Å². The second-order valence-corrected chi connectivity index (χ2v) is 7.01. The number of aromatic carboxylic acids is 1. The van der Waals surface area contributed by atoms with Crippen molar-refractivity contribution in [2.24, 2.45) is 5.41 Å². The summed E-state index contributed by atoms with van der Waals surface area (Å²) in [6.45, 7) is 6.61. The summed E-state index contributed by atoms with van der Waals surface area (Å²) in [5.74, 6) is -0.766. The standard InChI is InChI=1S/C18H20N2O3/c1-11-16-14(8-18(2,3)9-15(16)21)20(19-11)10-12-4-6-13(7-5-12)17(22)23/h4-7H,8-10H2,1-3H3,(H,22,23). The van der Waals surface area contributed by atoms with Gasteiger partial charge in [0.25, 0.3) is 0 Å². The minimum atomic E-state index is -0.934. The van der Waals surface area contributed by atoms with E-state index in [-0.39, 0.29) is 16.8 Å². The summed E-state index contributed by atoms with van der Waals surface area (Å²) in [7, 11) is 0. The molecular weight excluding hydrogens is 292 g/mol. The number of benzene rings is 1. The first-order valence-electron chi connectivity index (χ1n) is 7.68. The lowest BCUT2D eigenvalue weighted by Gasteiger charge is -2.29. The first-order valence-corrected chi connectivity index (χ1v) is 7.68. The molecule has 3 rings (SSSR count). The third kappa shape index (κ3) is 2.91. The van der Waals surface area contributed by atoms with E-state index in [1.165, 1.54) is 0 Å². The molecule has 0 fully saturated rings. The number of carbonyl (C=O) groups is 2. The number of aromatic nitrogens is 2. The molecule has 0 saturated carbocycles. The predicted octanol–water partition coefficient (Wildman–Crippen LogP) is 3.09. The topological polar surface area (TPSA) is 72.2 Å². The Labute approximate surface area is 134 Å². The minimum Gasteiger partial charge on any atom is -0.478 e. The maximum absolute atomic E-state index is 12.4. The summed E-state index contributed by atoms with van der Waals surface area (Å²) >= 11 is 0. The highest BCUT2D eigenvalue weighted by molar-refractivity contribution is 5.99. The number of carbonyl (C=O) groups excluding carboxylic acids is 1. The number of carboxylic acids is 1. The summed E-state index contributed by atoms with van der Waals surface area (Å²) in [6.07, 6.45) is 1.38. The Bertz CT molecular complexity index is 785. The molecule has 0 bridgehead atoms. The van der Waals surface area contributed by atoms with Crippen LogP contribution in [0.2, 0.25) is 0 Å². The fraction of sp³-hybridized carbons (Fsp3) is 0.389. The molecule has 23 heavy (non-hydrogen) atoms. The second kappa shape index (κ2) is 5.33. The van der Waals surface area contributed by atoms with E-state index in [2.05, 4.69) is 18.9 Å². The first-order chi connectivity index (χ1) is 10.8. The maximum Gasteiger partial charge on any atom is 0.335 e. The molecule has 1 N–H and O–H groups in total. The number of Topliss-reactive ketones (excluding diaryl/α,β-unsaturated/α-hetero) is 1. The van der Waals surface area contributed by atoms with Crippen LogP contribution in [0.15, 0.2) is 24.3 Å². The van der Waals surface area contributed by atoms with Gasteiger partial charge in [-0.05, 0) is 36.5 Å². The van der Waals surface area contributed by atoms with Crippen LogP contribution in [0.5, 0.6) is 0 Å². The van der Waals surface area contributed by atoms with Crippen LogP contribution in [0.25, 0.3) is 0 Å². The van der Waals surface area contributed by atoms with E-state index < -0.39 is 5.97 Å². The van der Waals surface area contributed by atoms with E-state index in [4.69, 9.17) is 5.11 Å². The van der Waals surface area contributed by atoms with Crippen LogP contribution in [0.4, 0.5) is 0 Å². The summed E-state index contributed by atoms with van der Waals surface area (Å²) < 4.78 is 1.89. The van der Waals surface area contributed by atoms with Crippen molar-refractivity contribution in [2.75, 3.05) is 0 Å². The van der Waals surface area contributed by atoms with Crippen LogP contribution in [-0.4, -0.2) is 26.6 Å². The largest absolute Gasteiger partial charge is 0.478 e. The summed E-state index contributed by atoms with van der Waals surface area (Å²) in [4.78, 5) is 23.3. The van der Waals surface area contributed by atoms with E-state index in [9.17, 15) is 9.59 Å². The number of aryl methyl sites for hydroxylation is 1. The number of hydrogen-bond acceptors (Lipinski definition) is 3. The van der Waals surface area contributed by atoms with Gasteiger partial charge in [0.15, 0.2) is 5.78 Å². The van der Waals surface area contributed by atoms with Crippen LogP contribution >= 0.6 is 0 Å². The van der Waals surface area contributed by atoms with Gasteiger partial charge in [0.1, 0.15) is 0 Å². The van der Waals surface area contributed by atoms with Gasteiger partial charge in [-0.15, -0.1) is 0 Å². The zero-order valence-corrected chi connectivity index (χ0v) is 13.6. The van der Waals surface area contributed by atoms with Gasteiger partial charge in [-0.2, -0.15) is 5.10 Å². The molecule has 0 atom stereocenters. The Morgan fingerprint density at radius 3 is 2.52 bits per heavy atom. The number of rotatable bonds is 3. The minimum absolute atomic E-state index is 0.0541. The zero-order valence-electron chi connectivity index (χ0n) is 13.6. The predicted molar refractivity (Wildman–Crippen MR) is 85.9 cm³/mol. The van der Waals surface area contributed by atoms with Gasteiger partial charge in [-0.3, -0.25) is 9.48 Å². The second-order valence-electron chi connectivity index (χ2n) is 7.01. The highest BCUT2D eigenvalue weighted by atomic mass is 16.4. The Morgan fingerprint density at radius 1 is 1.26 bits per heavy atom. The molecule has 0 aliphatic heterocycles. The van der Waals surface area contributed by atoms with Crippen LogP contribution in [0, 0.1) is 12.3 Å². The van der Waals surface area contributed by atoms with Gasteiger partial charge in [0, 0.05) is 6.42 Å². The molecule has 0 spiro atoms. The molecule has 1 heterocycles. The lowest BCUT2D eigenvalue weighted by atomic mass is 9.75. The smallest absolute Gasteiger partial charge is 0.335 e. The van der Waals surface area contributed by atoms with Crippen molar-refractivity contribution in [2.45, 2.75) is 40.2 Å². The lowest BCUT2D eigenvalue weighted by molar-refractivity contribution is 0.0696. The molecule has 1 aliphatic carbocycles. The fourth-order valence-electron chi connectivity index (χ4n) is 3.27. The Kier molecular flexibility index (Phi) is 3.59. The van der Waals surface area contributed by atoms with E-state index in [0.717, 1.165) is 28.9 Å². The fourth-order valence-corrected chi connectivity index (χ4v) is 3.27. The van der Waals surface area contributed by atoms with Gasteiger partial charge < -0.3 is 5.11 Å². The van der Waals surface area contributed by atoms with Crippen LogP contribution in [-0.2, 0) is 13.0 Å². The van der Waals surface area contributed by atoms with Crippen molar-refractivity contribution in [3.8, 4) is 0 Å². The van der Waals surface area contributed by atoms with Crippen molar-refractivity contribution in [1.82, 2.24) is 9.78 Å². The quantitative estimate of drug-likeness (QED) is 0.945. The molecule has 1 aromatic heterocycles. The molecular formula is C18H20N2O3. The van der Waals surface area contributed by atoms with E-state index >= 15 is 0 Å².